The molecule has 0 saturated heterocycles. The van der Waals surface area contributed by atoms with Crippen molar-refractivity contribution in [2.75, 3.05) is 0 Å². The molecule has 119 valence electrons. The average Bonchev–Trinajstić information content (AvgIpc) is 2.65. The number of para-hydroxylation sites is 1. The van der Waals surface area contributed by atoms with Crippen LogP contribution in [-0.4, -0.2) is 10.2 Å². The minimum Gasteiger partial charge on any atom is -0.508 e. The predicted molar refractivity (Wildman–Crippen MR) is 96.8 cm³/mol. The molecule has 3 aromatic rings. The molecule has 0 spiro atoms. The van der Waals surface area contributed by atoms with Crippen molar-refractivity contribution in [2.24, 2.45) is 0 Å². The molecule has 0 amide bonds. The minimum absolute atomic E-state index is 0.130. The van der Waals surface area contributed by atoms with E-state index in [4.69, 9.17) is 9.09 Å². The summed E-state index contributed by atoms with van der Waals surface area (Å²) in [6.07, 6.45) is 0. The maximum atomic E-state index is 10.1. The first-order valence-corrected chi connectivity index (χ1v) is 8.37. The lowest BCUT2D eigenvalue weighted by Crippen LogP contribution is -2.11. The zero-order valence-corrected chi connectivity index (χ0v) is 14.3. The second-order valence-corrected chi connectivity index (χ2v) is 6.04. The molecule has 4 nitrogen and oxygen atoms in total. The second kappa shape index (κ2) is 7.00. The number of hydrogen-bond acceptors (Lipinski definition) is 4. The number of fused-ring (bicyclic) bond motifs is 3. The van der Waals surface area contributed by atoms with E-state index in [0.717, 1.165) is 27.7 Å². The molecule has 1 aliphatic rings. The Morgan fingerprint density at radius 2 is 1.46 bits per heavy atom. The summed E-state index contributed by atoms with van der Waals surface area (Å²) in [7, 11) is 2.44. The van der Waals surface area contributed by atoms with Crippen LogP contribution in [0, 0.1) is 0 Å². The summed E-state index contributed by atoms with van der Waals surface area (Å²) >= 11 is 0. The highest BCUT2D eigenvalue weighted by Gasteiger charge is 2.21. The highest BCUT2D eigenvalue weighted by molar-refractivity contribution is 7.43. The molecule has 1 radical (unpaired) electrons. The Balaban J connectivity index is 0.000000815. The van der Waals surface area contributed by atoms with Gasteiger partial charge in [0.05, 0.1) is 0 Å². The van der Waals surface area contributed by atoms with Crippen LogP contribution in [0.3, 0.4) is 0 Å². The molecule has 0 aliphatic carbocycles. The van der Waals surface area contributed by atoms with Crippen molar-refractivity contribution in [3.8, 4) is 39.5 Å². The zero-order chi connectivity index (χ0) is 17.1. The summed E-state index contributed by atoms with van der Waals surface area (Å²) in [5.41, 5.74) is 3.67. The van der Waals surface area contributed by atoms with Gasteiger partial charge in [-0.2, -0.15) is 0 Å². The highest BCUT2D eigenvalue weighted by atomic mass is 31.1. The van der Waals surface area contributed by atoms with E-state index >= 15 is 0 Å². The molecule has 1 unspecified atom stereocenters. The molecular weight excluding hydrogens is 342 g/mol. The molecule has 24 heavy (non-hydrogen) atoms. The van der Waals surface area contributed by atoms with Gasteiger partial charge in [0.2, 0.25) is 0 Å². The fourth-order valence-electron chi connectivity index (χ4n) is 2.74. The van der Waals surface area contributed by atoms with E-state index in [9.17, 15) is 10.2 Å². The maximum Gasteiger partial charge on any atom is 0.261 e. The Morgan fingerprint density at radius 3 is 2.25 bits per heavy atom. The van der Waals surface area contributed by atoms with E-state index < -0.39 is 0 Å². The number of benzene rings is 3. The average molecular weight is 355 g/mol. The topological polar surface area (TPSA) is 66.8 Å². The summed E-state index contributed by atoms with van der Waals surface area (Å²) in [5.74, 6) is 1.16. The highest BCUT2D eigenvalue weighted by Crippen LogP contribution is 2.43. The van der Waals surface area contributed by atoms with Crippen molar-refractivity contribution in [3.05, 3.63) is 60.7 Å². The van der Waals surface area contributed by atoms with E-state index in [1.165, 1.54) is 12.1 Å². The fraction of sp³-hybridized carbons (Fsp3) is 0. The summed E-state index contributed by atoms with van der Waals surface area (Å²) < 4.78 is 13.8. The van der Waals surface area contributed by atoms with E-state index in [2.05, 4.69) is 15.2 Å². The number of hydrogen-bond donors (Lipinski definition) is 2. The third-order valence-electron chi connectivity index (χ3n) is 3.78. The summed E-state index contributed by atoms with van der Waals surface area (Å²) in [5, 5.41) is 20.9. The van der Waals surface area contributed by atoms with Crippen LogP contribution in [0.25, 0.3) is 22.3 Å². The summed E-state index contributed by atoms with van der Waals surface area (Å²) in [6, 6.07) is 18.5. The number of phenols is 2. The van der Waals surface area contributed by atoms with Gasteiger partial charge in [-0.25, -0.2) is 0 Å². The molecule has 3 aromatic carbocycles. The summed E-state index contributed by atoms with van der Waals surface area (Å²) in [4.78, 5) is 0. The third kappa shape index (κ3) is 2.87. The lowest BCUT2D eigenvalue weighted by Gasteiger charge is -2.23. The van der Waals surface area contributed by atoms with Gasteiger partial charge >= 0.3 is 0 Å². The first kappa shape index (κ1) is 16.4. The van der Waals surface area contributed by atoms with Crippen molar-refractivity contribution in [2.45, 2.75) is 0 Å². The smallest absolute Gasteiger partial charge is 0.261 e. The van der Waals surface area contributed by atoms with Crippen molar-refractivity contribution in [1.82, 2.24) is 0 Å². The van der Waals surface area contributed by atoms with Gasteiger partial charge in [0, 0.05) is 16.4 Å². The van der Waals surface area contributed by atoms with Gasteiger partial charge in [0.25, 0.3) is 9.12 Å². The number of phenolic OH excluding ortho intramolecular Hbond substituents is 2. The Labute approximate surface area is 143 Å². The third-order valence-corrected chi connectivity index (χ3v) is 4.84. The van der Waals surface area contributed by atoms with Crippen LogP contribution in [0.15, 0.2) is 60.7 Å². The number of aromatic hydroxyl groups is 2. The van der Waals surface area contributed by atoms with E-state index in [1.54, 1.807) is 6.07 Å². The summed E-state index contributed by atoms with van der Waals surface area (Å²) in [6.45, 7) is 0. The quantitative estimate of drug-likeness (QED) is 0.487. The molecule has 1 heterocycles. The van der Waals surface area contributed by atoms with Crippen molar-refractivity contribution < 1.29 is 19.3 Å². The number of rotatable bonds is 1. The van der Waals surface area contributed by atoms with E-state index in [1.807, 2.05) is 36.4 Å². The van der Waals surface area contributed by atoms with Crippen LogP contribution >= 0.6 is 17.9 Å². The molecule has 0 saturated carbocycles. The molecule has 0 aromatic heterocycles. The van der Waals surface area contributed by atoms with Gasteiger partial charge in [0.1, 0.15) is 26.1 Å². The molecule has 0 fully saturated rings. The Hall–Kier alpha value is -2.41. The lowest BCUT2D eigenvalue weighted by atomic mass is 9.97. The fourth-order valence-corrected chi connectivity index (χ4v) is 3.78. The SMILES string of the molecule is O=[P].Oc1ccc(O)c(-c2cccc3c2POc2ccccc2-3)c1. The van der Waals surface area contributed by atoms with Crippen LogP contribution < -0.4 is 9.83 Å². The Kier molecular flexibility index (Phi) is 4.80. The van der Waals surface area contributed by atoms with Gasteiger partial charge in [-0.3, -0.25) is 4.57 Å². The van der Waals surface area contributed by atoms with Crippen LogP contribution in [0.1, 0.15) is 0 Å². The normalized spacial score (nSPS) is 12.3. The first-order valence-electron chi connectivity index (χ1n) is 7.10. The first-order chi connectivity index (χ1) is 11.7. The maximum absolute atomic E-state index is 10.1. The zero-order valence-electron chi connectivity index (χ0n) is 12.4. The van der Waals surface area contributed by atoms with Gasteiger partial charge in [0.15, 0.2) is 0 Å². The van der Waals surface area contributed by atoms with Gasteiger partial charge < -0.3 is 14.7 Å². The van der Waals surface area contributed by atoms with Crippen LogP contribution in [0.4, 0.5) is 0 Å². The van der Waals surface area contributed by atoms with Crippen LogP contribution in [0.2, 0.25) is 0 Å². The van der Waals surface area contributed by atoms with Crippen LogP contribution in [0.5, 0.6) is 17.2 Å². The van der Waals surface area contributed by atoms with Gasteiger partial charge in [-0.05, 0) is 35.4 Å². The van der Waals surface area contributed by atoms with Crippen LogP contribution in [-0.2, 0) is 4.57 Å². The monoisotopic (exact) mass is 355 g/mol. The molecular formula is C18H13O4P2. The van der Waals surface area contributed by atoms with Crippen molar-refractivity contribution in [1.29, 1.82) is 0 Å². The van der Waals surface area contributed by atoms with Gasteiger partial charge in [-0.1, -0.05) is 36.4 Å². The lowest BCUT2D eigenvalue weighted by molar-refractivity contribution is 0.462. The molecule has 4 rings (SSSR count). The van der Waals surface area contributed by atoms with E-state index in [-0.39, 0.29) is 20.3 Å². The minimum atomic E-state index is 0.130. The van der Waals surface area contributed by atoms with Crippen molar-refractivity contribution in [3.63, 3.8) is 0 Å². The molecule has 1 aliphatic heterocycles. The molecule has 2 N–H and O–H groups in total. The Bertz CT molecular complexity index is 896. The van der Waals surface area contributed by atoms with Gasteiger partial charge in [-0.15, -0.1) is 0 Å². The molecule has 1 atom stereocenters. The van der Waals surface area contributed by atoms with E-state index in [0.29, 0.717) is 5.56 Å². The Morgan fingerprint density at radius 1 is 0.792 bits per heavy atom. The van der Waals surface area contributed by atoms with Crippen molar-refractivity contribution >= 4 is 23.2 Å². The predicted octanol–water partition coefficient (Wildman–Crippen LogP) is 4.79. The second-order valence-electron chi connectivity index (χ2n) is 5.13. The largest absolute Gasteiger partial charge is 0.508 e. The molecule has 0 bridgehead atoms. The standard InChI is InChI=1S/C18H13O3P.OP/c19-11-8-9-16(20)15(10-11)14-6-3-5-13-12-4-1-2-7-17(12)21-22-18(13)14;1-2/h1-10,19-20,22H;. The molecule has 6 heteroatoms.